The van der Waals surface area contributed by atoms with Gasteiger partial charge in [-0.05, 0) is 41.0 Å². The average molecular weight is 580 g/mol. The number of hydrogen-bond acceptors (Lipinski definition) is 3. The van der Waals surface area contributed by atoms with Gasteiger partial charge in [-0.25, -0.2) is 9.97 Å². The first kappa shape index (κ1) is 25.1. The second-order valence-electron chi connectivity index (χ2n) is 11.0. The third kappa shape index (κ3) is 3.92. The van der Waals surface area contributed by atoms with Crippen LogP contribution in [0.4, 0.5) is 0 Å². The maximum Gasteiger partial charge on any atom is 0.235 e. The lowest BCUT2D eigenvalue weighted by atomic mass is 9.93. The molecule has 0 aliphatic carbocycles. The summed E-state index contributed by atoms with van der Waals surface area (Å²) in [7, 11) is 0. The highest BCUT2D eigenvalue weighted by Crippen LogP contribution is 2.51. The van der Waals surface area contributed by atoms with Gasteiger partial charge in [-0.15, -0.1) is 0 Å². The SMILES string of the molecule is c1ccc(-c2cc(-c3ccccc3)nc(-n3c4ccccc4c4ccc5c(c43)-c3ccccc3-c3ccccc3S5)n2)cc1. The summed E-state index contributed by atoms with van der Waals surface area (Å²) in [4.78, 5) is 13.1. The molecule has 6 aromatic carbocycles. The van der Waals surface area contributed by atoms with Crippen LogP contribution < -0.4 is 0 Å². The van der Waals surface area contributed by atoms with Crippen LogP contribution in [0.3, 0.4) is 0 Å². The maximum absolute atomic E-state index is 5.28. The van der Waals surface area contributed by atoms with Crippen molar-refractivity contribution in [2.24, 2.45) is 0 Å². The molecule has 3 heterocycles. The van der Waals surface area contributed by atoms with E-state index in [1.54, 1.807) is 0 Å². The van der Waals surface area contributed by atoms with Crippen LogP contribution in [0.2, 0.25) is 0 Å². The maximum atomic E-state index is 5.28. The van der Waals surface area contributed by atoms with E-state index in [2.05, 4.69) is 144 Å². The minimum absolute atomic E-state index is 0.661. The number of hydrogen-bond donors (Lipinski definition) is 0. The molecule has 0 unspecified atom stereocenters. The molecule has 3 nitrogen and oxygen atoms in total. The fourth-order valence-electron chi connectivity index (χ4n) is 6.47. The van der Waals surface area contributed by atoms with Crippen LogP contribution in [-0.4, -0.2) is 14.5 Å². The summed E-state index contributed by atoms with van der Waals surface area (Å²) < 4.78 is 2.29. The Morgan fingerprint density at radius 3 is 1.77 bits per heavy atom. The van der Waals surface area contributed by atoms with E-state index in [4.69, 9.17) is 9.97 Å². The van der Waals surface area contributed by atoms with Gasteiger partial charge in [0, 0.05) is 37.3 Å². The molecule has 1 aliphatic rings. The summed E-state index contributed by atoms with van der Waals surface area (Å²) >= 11 is 1.83. The van der Waals surface area contributed by atoms with Crippen molar-refractivity contribution in [3.63, 3.8) is 0 Å². The summed E-state index contributed by atoms with van der Waals surface area (Å²) in [6.45, 7) is 0. The Labute approximate surface area is 259 Å². The lowest BCUT2D eigenvalue weighted by molar-refractivity contribution is 0.995. The van der Waals surface area contributed by atoms with Crippen LogP contribution in [0.5, 0.6) is 0 Å². The predicted octanol–water partition coefficient (Wildman–Crippen LogP) is 10.7. The van der Waals surface area contributed by atoms with Crippen molar-refractivity contribution in [3.05, 3.63) is 152 Å². The van der Waals surface area contributed by atoms with E-state index < -0.39 is 0 Å². The molecule has 0 spiro atoms. The third-order valence-corrected chi connectivity index (χ3v) is 9.58. The fraction of sp³-hybridized carbons (Fsp3) is 0. The lowest BCUT2D eigenvalue weighted by Gasteiger charge is -2.15. The van der Waals surface area contributed by atoms with Gasteiger partial charge in [0.2, 0.25) is 5.95 Å². The normalized spacial score (nSPS) is 12.0. The number of nitrogens with zero attached hydrogens (tertiary/aromatic N) is 3. The standard InChI is InChI=1S/C40H25N3S/c1-3-13-26(14-4-1)33-25-34(27-15-5-2-6-16-27)42-40(41-33)43-35-21-11-9-18-29(35)32-23-24-37-38(39(32)43)31-20-8-7-17-28(31)30-19-10-12-22-36(30)44-37/h1-25H. The molecular formula is C40H25N3S. The van der Waals surface area contributed by atoms with E-state index in [-0.39, 0.29) is 0 Å². The van der Waals surface area contributed by atoms with Crippen LogP contribution in [0.25, 0.3) is 72.5 Å². The molecule has 0 saturated heterocycles. The van der Waals surface area contributed by atoms with Gasteiger partial charge < -0.3 is 0 Å². The molecule has 0 radical (unpaired) electrons. The molecule has 2 aromatic heterocycles. The van der Waals surface area contributed by atoms with Crippen LogP contribution in [0.1, 0.15) is 0 Å². The second kappa shape index (κ2) is 10.1. The smallest absolute Gasteiger partial charge is 0.235 e. The van der Waals surface area contributed by atoms with Gasteiger partial charge in [0.25, 0.3) is 0 Å². The van der Waals surface area contributed by atoms with E-state index >= 15 is 0 Å². The van der Waals surface area contributed by atoms with Gasteiger partial charge >= 0.3 is 0 Å². The average Bonchev–Trinajstić information content (AvgIpc) is 3.35. The zero-order chi connectivity index (χ0) is 29.0. The first-order valence-corrected chi connectivity index (χ1v) is 15.6. The third-order valence-electron chi connectivity index (χ3n) is 8.45. The summed E-state index contributed by atoms with van der Waals surface area (Å²) in [6.07, 6.45) is 0. The minimum Gasteiger partial charge on any atom is -0.277 e. The minimum atomic E-state index is 0.661. The quantitative estimate of drug-likeness (QED) is 0.209. The summed E-state index contributed by atoms with van der Waals surface area (Å²) in [6, 6.07) is 53.6. The van der Waals surface area contributed by atoms with Gasteiger partial charge in [0.1, 0.15) is 0 Å². The van der Waals surface area contributed by atoms with Crippen LogP contribution in [0.15, 0.2) is 161 Å². The molecule has 0 saturated carbocycles. The fourth-order valence-corrected chi connectivity index (χ4v) is 7.59. The summed E-state index contributed by atoms with van der Waals surface area (Å²) in [5.74, 6) is 0.661. The monoisotopic (exact) mass is 579 g/mol. The van der Waals surface area contributed by atoms with Crippen molar-refractivity contribution in [1.82, 2.24) is 14.5 Å². The lowest BCUT2D eigenvalue weighted by Crippen LogP contribution is -2.05. The number of benzene rings is 6. The van der Waals surface area contributed by atoms with Gasteiger partial charge in [0.05, 0.1) is 22.4 Å². The van der Waals surface area contributed by atoms with Gasteiger partial charge in [-0.2, -0.15) is 0 Å². The van der Waals surface area contributed by atoms with Crippen molar-refractivity contribution in [3.8, 4) is 50.7 Å². The highest BCUT2D eigenvalue weighted by Gasteiger charge is 2.26. The second-order valence-corrected chi connectivity index (χ2v) is 12.1. The van der Waals surface area contributed by atoms with E-state index in [0.717, 1.165) is 33.5 Å². The Balaban J connectivity index is 1.43. The van der Waals surface area contributed by atoms with Crippen LogP contribution in [0, 0.1) is 0 Å². The zero-order valence-corrected chi connectivity index (χ0v) is 24.5. The summed E-state index contributed by atoms with van der Waals surface area (Å²) in [5.41, 5.74) is 11.0. The topological polar surface area (TPSA) is 30.7 Å². The first-order valence-electron chi connectivity index (χ1n) is 14.8. The Bertz CT molecular complexity index is 2300. The molecule has 0 atom stereocenters. The van der Waals surface area contributed by atoms with E-state index in [9.17, 15) is 0 Å². The zero-order valence-electron chi connectivity index (χ0n) is 23.7. The number of rotatable bonds is 3. The molecule has 206 valence electrons. The van der Waals surface area contributed by atoms with E-state index in [1.165, 1.54) is 42.8 Å². The van der Waals surface area contributed by atoms with Gasteiger partial charge in [-0.3, -0.25) is 4.57 Å². The van der Waals surface area contributed by atoms with Crippen molar-refractivity contribution >= 4 is 33.6 Å². The molecule has 0 fully saturated rings. The highest BCUT2D eigenvalue weighted by atomic mass is 32.2. The molecule has 9 rings (SSSR count). The summed E-state index contributed by atoms with van der Waals surface area (Å²) in [5, 5.41) is 2.38. The van der Waals surface area contributed by atoms with Crippen molar-refractivity contribution in [1.29, 1.82) is 0 Å². The van der Waals surface area contributed by atoms with Gasteiger partial charge in [-0.1, -0.05) is 139 Å². The first-order chi connectivity index (χ1) is 21.8. The number of para-hydroxylation sites is 1. The molecule has 8 aromatic rings. The Hall–Kier alpha value is -5.45. The molecule has 0 bridgehead atoms. The van der Waals surface area contributed by atoms with Crippen LogP contribution in [-0.2, 0) is 0 Å². The van der Waals surface area contributed by atoms with E-state index in [1.807, 2.05) is 23.9 Å². The predicted molar refractivity (Wildman–Crippen MR) is 182 cm³/mol. The molecule has 1 aliphatic heterocycles. The molecule has 44 heavy (non-hydrogen) atoms. The Morgan fingerprint density at radius 2 is 1.05 bits per heavy atom. The molecule has 0 N–H and O–H groups in total. The molecular weight excluding hydrogens is 555 g/mol. The molecule has 0 amide bonds. The van der Waals surface area contributed by atoms with Crippen molar-refractivity contribution in [2.75, 3.05) is 0 Å². The number of fused-ring (bicyclic) bond motifs is 9. The van der Waals surface area contributed by atoms with E-state index in [0.29, 0.717) is 5.95 Å². The highest BCUT2D eigenvalue weighted by molar-refractivity contribution is 7.99. The van der Waals surface area contributed by atoms with Crippen molar-refractivity contribution < 1.29 is 0 Å². The van der Waals surface area contributed by atoms with Crippen molar-refractivity contribution in [2.45, 2.75) is 9.79 Å². The van der Waals surface area contributed by atoms with Crippen LogP contribution >= 0.6 is 11.8 Å². The van der Waals surface area contributed by atoms with Gasteiger partial charge in [0.15, 0.2) is 0 Å². The Kier molecular flexibility index (Phi) is 5.75. The number of aromatic nitrogens is 3. The largest absolute Gasteiger partial charge is 0.277 e. The molecule has 4 heteroatoms. The Morgan fingerprint density at radius 1 is 0.455 bits per heavy atom.